The second-order valence-corrected chi connectivity index (χ2v) is 2.46. The third kappa shape index (κ3) is 1.36. The number of rotatable bonds is 2. The summed E-state index contributed by atoms with van der Waals surface area (Å²) in [6.07, 6.45) is 3.40. The van der Waals surface area contributed by atoms with Crippen LogP contribution in [0.3, 0.4) is 0 Å². The molecule has 1 N–H and O–H groups in total. The van der Waals surface area contributed by atoms with E-state index >= 15 is 0 Å². The summed E-state index contributed by atoms with van der Waals surface area (Å²) in [5.74, 6) is -1.57. The summed E-state index contributed by atoms with van der Waals surface area (Å²) >= 11 is 0. The maximum absolute atomic E-state index is 11.2. The fourth-order valence-electron chi connectivity index (χ4n) is 1.07. The minimum atomic E-state index is -0.593. The van der Waals surface area contributed by atoms with Crippen LogP contribution >= 0.6 is 0 Å². The van der Waals surface area contributed by atoms with Gasteiger partial charge in [-0.05, 0) is 0 Å². The Morgan fingerprint density at radius 2 is 1.69 bits per heavy atom. The summed E-state index contributed by atoms with van der Waals surface area (Å²) in [4.78, 5) is 22.4. The van der Waals surface area contributed by atoms with Crippen LogP contribution in [0.4, 0.5) is 0 Å². The molecule has 0 saturated heterocycles. The zero-order valence-electron chi connectivity index (χ0n) is 6.91. The van der Waals surface area contributed by atoms with E-state index in [1.165, 1.54) is 12.2 Å². The first-order valence-corrected chi connectivity index (χ1v) is 3.60. The van der Waals surface area contributed by atoms with E-state index in [9.17, 15) is 9.59 Å². The monoisotopic (exact) mass is 176 g/mol. The average molecular weight is 176 g/mol. The van der Waals surface area contributed by atoms with Crippen LogP contribution in [0.5, 0.6) is 0 Å². The van der Waals surface area contributed by atoms with Gasteiger partial charge in [-0.2, -0.15) is 0 Å². The Kier molecular flexibility index (Phi) is 2.28. The first-order valence-electron chi connectivity index (χ1n) is 3.60. The zero-order valence-corrected chi connectivity index (χ0v) is 6.91. The van der Waals surface area contributed by atoms with E-state index in [-0.39, 0.29) is 11.1 Å². The normalized spacial score (nSPS) is 17.1. The van der Waals surface area contributed by atoms with Crippen molar-refractivity contribution in [2.24, 2.45) is 0 Å². The van der Waals surface area contributed by atoms with Crippen molar-refractivity contribution < 1.29 is 14.7 Å². The van der Waals surface area contributed by atoms with E-state index in [4.69, 9.17) is 5.11 Å². The third-order valence-electron chi connectivity index (χ3n) is 1.71. The first-order chi connectivity index (χ1) is 6.11. The highest BCUT2D eigenvalue weighted by atomic mass is 16.3. The van der Waals surface area contributed by atoms with Gasteiger partial charge in [0.05, 0.1) is 0 Å². The predicted octanol–water partition coefficient (Wildman–Crippen LogP) is 1.25. The Morgan fingerprint density at radius 3 is 2.15 bits per heavy atom. The summed E-state index contributed by atoms with van der Waals surface area (Å²) in [6, 6.07) is 0. The van der Waals surface area contributed by atoms with E-state index in [0.29, 0.717) is 0 Å². The lowest BCUT2D eigenvalue weighted by Crippen LogP contribution is -2.17. The summed E-state index contributed by atoms with van der Waals surface area (Å²) in [7, 11) is 0. The Hall–Kier alpha value is -1.90. The quantitative estimate of drug-likeness (QED) is 0.644. The topological polar surface area (TPSA) is 54.4 Å². The number of aliphatic hydroxyl groups excluding tert-OH is 1. The number of hydrogen-bond acceptors (Lipinski definition) is 3. The number of carbonyl (C=O) groups excluding carboxylic acids is 2. The fourth-order valence-corrected chi connectivity index (χ4v) is 1.07. The van der Waals surface area contributed by atoms with E-state index < -0.39 is 17.3 Å². The van der Waals surface area contributed by atoms with Gasteiger partial charge in [0, 0.05) is 17.2 Å². The molecule has 1 aliphatic rings. The number of hydrogen-bond donors (Lipinski definition) is 1. The van der Waals surface area contributed by atoms with Crippen molar-refractivity contribution in [1.29, 1.82) is 0 Å². The molecule has 13 heavy (non-hydrogen) atoms. The molecule has 0 aromatic rings. The average Bonchev–Trinajstić information content (AvgIpc) is 2.10. The van der Waals surface area contributed by atoms with Crippen molar-refractivity contribution >= 4 is 11.6 Å². The van der Waals surface area contributed by atoms with Crippen LogP contribution in [0.15, 0.2) is 48.3 Å². The highest BCUT2D eigenvalue weighted by molar-refractivity contribution is 6.23. The van der Waals surface area contributed by atoms with Crippen LogP contribution in [0.25, 0.3) is 0 Å². The fraction of sp³-hybridized carbons (Fsp3) is 0. The standard InChI is InChI=1S/C10H8O3/c1-3-6-7(4-2)10(13)9(12)5-8(6)11/h3-5,12H,1-2H2. The molecule has 0 bridgehead atoms. The molecule has 66 valence electrons. The molecule has 0 heterocycles. The largest absolute Gasteiger partial charge is 0.504 e. The third-order valence-corrected chi connectivity index (χ3v) is 1.71. The SMILES string of the molecule is C=CC1=C(C=C)C(=O)C(O)=CC1=O. The van der Waals surface area contributed by atoms with Gasteiger partial charge in [-0.25, -0.2) is 0 Å². The van der Waals surface area contributed by atoms with Crippen LogP contribution in [0, 0.1) is 0 Å². The summed E-state index contributed by atoms with van der Waals surface area (Å²) in [5.41, 5.74) is 0.276. The zero-order chi connectivity index (χ0) is 10.0. The molecular formula is C10H8O3. The van der Waals surface area contributed by atoms with Crippen LogP contribution in [0.1, 0.15) is 0 Å². The number of carbonyl (C=O) groups is 2. The second kappa shape index (κ2) is 3.23. The number of allylic oxidation sites excluding steroid dienone is 5. The molecule has 3 heteroatoms. The second-order valence-electron chi connectivity index (χ2n) is 2.46. The number of aliphatic hydroxyl groups is 1. The Bertz CT molecular complexity index is 370. The summed E-state index contributed by atoms with van der Waals surface area (Å²) in [5, 5.41) is 9.04. The van der Waals surface area contributed by atoms with E-state index in [1.54, 1.807) is 0 Å². The highest BCUT2D eigenvalue weighted by Crippen LogP contribution is 2.19. The number of ketones is 2. The maximum atomic E-state index is 11.2. The van der Waals surface area contributed by atoms with Crippen molar-refractivity contribution in [3.63, 3.8) is 0 Å². The van der Waals surface area contributed by atoms with Gasteiger partial charge in [-0.3, -0.25) is 9.59 Å². The van der Waals surface area contributed by atoms with Crippen LogP contribution in [-0.4, -0.2) is 16.7 Å². The van der Waals surface area contributed by atoms with Gasteiger partial charge in [0.2, 0.25) is 5.78 Å². The van der Waals surface area contributed by atoms with Gasteiger partial charge < -0.3 is 5.11 Å². The van der Waals surface area contributed by atoms with E-state index in [1.807, 2.05) is 0 Å². The molecule has 3 nitrogen and oxygen atoms in total. The predicted molar refractivity (Wildman–Crippen MR) is 48.1 cm³/mol. The minimum absolute atomic E-state index is 0.0972. The molecule has 0 unspecified atom stereocenters. The molecule has 0 saturated carbocycles. The molecule has 0 aromatic carbocycles. The molecule has 0 spiro atoms. The Labute approximate surface area is 75.4 Å². The van der Waals surface area contributed by atoms with Crippen molar-refractivity contribution in [3.05, 3.63) is 48.3 Å². The lowest BCUT2D eigenvalue weighted by atomic mass is 9.94. The Morgan fingerprint density at radius 1 is 1.15 bits per heavy atom. The minimum Gasteiger partial charge on any atom is -0.504 e. The molecule has 0 fully saturated rings. The summed E-state index contributed by atoms with van der Waals surface area (Å²) in [6.45, 7) is 6.79. The van der Waals surface area contributed by atoms with Gasteiger partial charge in [0.15, 0.2) is 11.5 Å². The smallest absolute Gasteiger partial charge is 0.228 e. The van der Waals surface area contributed by atoms with Crippen LogP contribution in [-0.2, 0) is 9.59 Å². The van der Waals surface area contributed by atoms with E-state index in [0.717, 1.165) is 6.08 Å². The molecule has 1 aliphatic carbocycles. The highest BCUT2D eigenvalue weighted by Gasteiger charge is 2.24. The lowest BCUT2D eigenvalue weighted by molar-refractivity contribution is -0.117. The van der Waals surface area contributed by atoms with Gasteiger partial charge >= 0.3 is 0 Å². The lowest BCUT2D eigenvalue weighted by Gasteiger charge is -2.09. The van der Waals surface area contributed by atoms with Crippen molar-refractivity contribution in [1.82, 2.24) is 0 Å². The van der Waals surface area contributed by atoms with Crippen molar-refractivity contribution in [2.75, 3.05) is 0 Å². The maximum Gasteiger partial charge on any atom is 0.228 e. The van der Waals surface area contributed by atoms with Crippen LogP contribution < -0.4 is 0 Å². The molecule has 0 aliphatic heterocycles. The molecular weight excluding hydrogens is 168 g/mol. The van der Waals surface area contributed by atoms with Crippen molar-refractivity contribution in [2.45, 2.75) is 0 Å². The number of Topliss-reactive ketones (excluding diaryl/α,β-unsaturated/α-hetero) is 1. The molecule has 0 aromatic heterocycles. The molecule has 0 radical (unpaired) electrons. The molecule has 0 atom stereocenters. The van der Waals surface area contributed by atoms with Gasteiger partial charge in [0.25, 0.3) is 0 Å². The van der Waals surface area contributed by atoms with E-state index in [2.05, 4.69) is 13.2 Å². The van der Waals surface area contributed by atoms with Gasteiger partial charge in [0.1, 0.15) is 0 Å². The van der Waals surface area contributed by atoms with Crippen LogP contribution in [0.2, 0.25) is 0 Å². The van der Waals surface area contributed by atoms with Gasteiger partial charge in [-0.1, -0.05) is 25.3 Å². The molecule has 1 rings (SSSR count). The Balaban J connectivity index is 3.35. The van der Waals surface area contributed by atoms with Crippen molar-refractivity contribution in [3.8, 4) is 0 Å². The van der Waals surface area contributed by atoms with Gasteiger partial charge in [-0.15, -0.1) is 0 Å². The first kappa shape index (κ1) is 9.19. The summed E-state index contributed by atoms with van der Waals surface area (Å²) < 4.78 is 0. The molecule has 0 amide bonds.